The predicted octanol–water partition coefficient (Wildman–Crippen LogP) is 2.37. The molecule has 4 heteroatoms. The van der Waals surface area contributed by atoms with Gasteiger partial charge in [0.05, 0.1) is 6.10 Å². The third-order valence-electron chi connectivity index (χ3n) is 3.48. The van der Waals surface area contributed by atoms with E-state index in [0.717, 1.165) is 25.7 Å². The molecular weight excluding hydrogens is 194 g/mol. The van der Waals surface area contributed by atoms with Crippen molar-refractivity contribution in [2.75, 3.05) is 0 Å². The van der Waals surface area contributed by atoms with Crippen LogP contribution in [0.15, 0.2) is 0 Å². The van der Waals surface area contributed by atoms with Crippen LogP contribution in [0.1, 0.15) is 51.9 Å². The molecule has 2 unspecified atom stereocenters. The fourth-order valence-electron chi connectivity index (χ4n) is 2.39. The number of aliphatic hydroxyl groups excluding tert-OH is 1. The lowest BCUT2D eigenvalue weighted by molar-refractivity contribution is -0.525. The molecule has 0 aliphatic heterocycles. The SMILES string of the molecule is CCC(CC(O)C1CCCCC1)[N+](=O)[O-]. The Balaban J connectivity index is 2.38. The lowest BCUT2D eigenvalue weighted by Crippen LogP contribution is -2.30. The molecule has 0 spiro atoms. The molecule has 0 bridgehead atoms. The number of rotatable bonds is 5. The van der Waals surface area contributed by atoms with E-state index in [-0.39, 0.29) is 4.92 Å². The maximum atomic E-state index is 10.6. The van der Waals surface area contributed by atoms with Gasteiger partial charge in [-0.05, 0) is 18.8 Å². The van der Waals surface area contributed by atoms with Gasteiger partial charge in [0.15, 0.2) is 0 Å². The van der Waals surface area contributed by atoms with E-state index in [4.69, 9.17) is 0 Å². The minimum absolute atomic E-state index is 0.258. The first-order valence-electron chi connectivity index (χ1n) is 5.96. The molecule has 2 atom stereocenters. The Kier molecular flexibility index (Phi) is 5.02. The Morgan fingerprint density at radius 3 is 2.47 bits per heavy atom. The van der Waals surface area contributed by atoms with Crippen molar-refractivity contribution in [2.45, 2.75) is 64.0 Å². The Bertz CT molecular complexity index is 202. The van der Waals surface area contributed by atoms with Gasteiger partial charge in [-0.15, -0.1) is 0 Å². The van der Waals surface area contributed by atoms with Crippen molar-refractivity contribution >= 4 is 0 Å². The number of hydrogen-bond acceptors (Lipinski definition) is 3. The zero-order valence-corrected chi connectivity index (χ0v) is 9.39. The van der Waals surface area contributed by atoms with Crippen LogP contribution >= 0.6 is 0 Å². The average Bonchev–Trinajstić information content (AvgIpc) is 2.26. The van der Waals surface area contributed by atoms with Gasteiger partial charge in [0, 0.05) is 17.8 Å². The summed E-state index contributed by atoms with van der Waals surface area (Å²) < 4.78 is 0. The Hall–Kier alpha value is -0.640. The minimum atomic E-state index is -0.568. The van der Waals surface area contributed by atoms with E-state index in [9.17, 15) is 15.2 Å². The van der Waals surface area contributed by atoms with Gasteiger partial charge >= 0.3 is 0 Å². The quantitative estimate of drug-likeness (QED) is 0.565. The molecule has 1 fully saturated rings. The molecule has 15 heavy (non-hydrogen) atoms. The van der Waals surface area contributed by atoms with Crippen LogP contribution in [0.25, 0.3) is 0 Å². The zero-order valence-electron chi connectivity index (χ0n) is 9.39. The van der Waals surface area contributed by atoms with E-state index >= 15 is 0 Å². The van der Waals surface area contributed by atoms with Crippen LogP contribution in [-0.2, 0) is 0 Å². The number of hydrogen-bond donors (Lipinski definition) is 1. The summed E-state index contributed by atoms with van der Waals surface area (Å²) in [7, 11) is 0. The summed E-state index contributed by atoms with van der Waals surface area (Å²) in [6.07, 6.45) is 6.01. The molecule has 88 valence electrons. The molecule has 0 heterocycles. The number of nitro groups is 1. The van der Waals surface area contributed by atoms with Crippen LogP contribution in [0.4, 0.5) is 0 Å². The Morgan fingerprint density at radius 2 is 2.00 bits per heavy atom. The van der Waals surface area contributed by atoms with Crippen molar-refractivity contribution in [3.63, 3.8) is 0 Å². The normalized spacial score (nSPS) is 22.3. The second kappa shape index (κ2) is 6.05. The molecule has 0 aromatic heterocycles. The van der Waals surface area contributed by atoms with Gasteiger partial charge in [0.2, 0.25) is 6.04 Å². The highest BCUT2D eigenvalue weighted by Gasteiger charge is 2.28. The first kappa shape index (κ1) is 12.4. The van der Waals surface area contributed by atoms with Gasteiger partial charge in [-0.2, -0.15) is 0 Å². The van der Waals surface area contributed by atoms with Crippen LogP contribution in [-0.4, -0.2) is 22.2 Å². The molecular formula is C11H21NO3. The van der Waals surface area contributed by atoms with Gasteiger partial charge in [-0.1, -0.05) is 26.2 Å². The fourth-order valence-corrected chi connectivity index (χ4v) is 2.39. The highest BCUT2D eigenvalue weighted by atomic mass is 16.6. The lowest BCUT2D eigenvalue weighted by atomic mass is 9.83. The second-order valence-corrected chi connectivity index (χ2v) is 4.55. The van der Waals surface area contributed by atoms with Crippen molar-refractivity contribution < 1.29 is 10.0 Å². The minimum Gasteiger partial charge on any atom is -0.393 e. The van der Waals surface area contributed by atoms with Crippen molar-refractivity contribution in [1.29, 1.82) is 0 Å². The van der Waals surface area contributed by atoms with Crippen molar-refractivity contribution in [3.8, 4) is 0 Å². The maximum Gasteiger partial charge on any atom is 0.215 e. The summed E-state index contributed by atoms with van der Waals surface area (Å²) in [5.41, 5.74) is 0. The molecule has 1 aliphatic rings. The highest BCUT2D eigenvalue weighted by molar-refractivity contribution is 4.75. The van der Waals surface area contributed by atoms with Gasteiger partial charge in [-0.3, -0.25) is 10.1 Å². The largest absolute Gasteiger partial charge is 0.393 e. The molecule has 0 radical (unpaired) electrons. The highest BCUT2D eigenvalue weighted by Crippen LogP contribution is 2.28. The molecule has 0 aromatic carbocycles. The van der Waals surface area contributed by atoms with E-state index in [0.29, 0.717) is 18.8 Å². The van der Waals surface area contributed by atoms with Crippen LogP contribution in [0.5, 0.6) is 0 Å². The van der Waals surface area contributed by atoms with E-state index in [2.05, 4.69) is 0 Å². The van der Waals surface area contributed by atoms with Gasteiger partial charge in [0.25, 0.3) is 0 Å². The van der Waals surface area contributed by atoms with Crippen LogP contribution < -0.4 is 0 Å². The monoisotopic (exact) mass is 215 g/mol. The molecule has 0 aromatic rings. The molecule has 4 nitrogen and oxygen atoms in total. The Morgan fingerprint density at radius 1 is 1.40 bits per heavy atom. The smallest absolute Gasteiger partial charge is 0.215 e. The van der Waals surface area contributed by atoms with Crippen LogP contribution in [0, 0.1) is 16.0 Å². The summed E-state index contributed by atoms with van der Waals surface area (Å²) >= 11 is 0. The van der Waals surface area contributed by atoms with Gasteiger partial charge in [0.1, 0.15) is 0 Å². The molecule has 0 saturated heterocycles. The van der Waals surface area contributed by atoms with Crippen molar-refractivity contribution in [3.05, 3.63) is 10.1 Å². The predicted molar refractivity (Wildman–Crippen MR) is 58.3 cm³/mol. The molecule has 1 rings (SSSR count). The standard InChI is InChI=1S/C11H21NO3/c1-2-10(12(14)15)8-11(13)9-6-4-3-5-7-9/h9-11,13H,2-8H2,1H3. The van der Waals surface area contributed by atoms with Crippen LogP contribution in [0.2, 0.25) is 0 Å². The van der Waals surface area contributed by atoms with E-state index in [1.807, 2.05) is 0 Å². The van der Waals surface area contributed by atoms with E-state index < -0.39 is 12.1 Å². The zero-order chi connectivity index (χ0) is 11.3. The third kappa shape index (κ3) is 3.78. The summed E-state index contributed by atoms with van der Waals surface area (Å²) in [6, 6.07) is -0.568. The lowest BCUT2D eigenvalue weighted by Gasteiger charge is -2.26. The van der Waals surface area contributed by atoms with Gasteiger partial charge in [-0.25, -0.2) is 0 Å². The van der Waals surface area contributed by atoms with Crippen molar-refractivity contribution in [2.24, 2.45) is 5.92 Å². The molecule has 0 amide bonds. The average molecular weight is 215 g/mol. The first-order valence-corrected chi connectivity index (χ1v) is 5.96. The fraction of sp³-hybridized carbons (Fsp3) is 1.00. The topological polar surface area (TPSA) is 63.4 Å². The van der Waals surface area contributed by atoms with E-state index in [1.165, 1.54) is 6.42 Å². The molecule has 1 aliphatic carbocycles. The Labute approximate surface area is 90.8 Å². The van der Waals surface area contributed by atoms with E-state index in [1.54, 1.807) is 6.92 Å². The molecule has 1 saturated carbocycles. The number of aliphatic hydroxyl groups is 1. The summed E-state index contributed by atoms with van der Waals surface area (Å²) in [5, 5.41) is 20.6. The maximum absolute atomic E-state index is 10.6. The third-order valence-corrected chi connectivity index (χ3v) is 3.48. The first-order chi connectivity index (χ1) is 7.15. The molecule has 1 N–H and O–H groups in total. The van der Waals surface area contributed by atoms with Crippen LogP contribution in [0.3, 0.4) is 0 Å². The summed E-state index contributed by atoms with van der Waals surface area (Å²) in [4.78, 5) is 10.4. The van der Waals surface area contributed by atoms with Gasteiger partial charge < -0.3 is 5.11 Å². The number of nitrogens with zero attached hydrogens (tertiary/aromatic N) is 1. The summed E-state index contributed by atoms with van der Waals surface area (Å²) in [5.74, 6) is 0.299. The second-order valence-electron chi connectivity index (χ2n) is 4.55. The summed E-state index contributed by atoms with van der Waals surface area (Å²) in [6.45, 7) is 1.81. The van der Waals surface area contributed by atoms with Crippen molar-refractivity contribution in [1.82, 2.24) is 0 Å².